The van der Waals surface area contributed by atoms with Crippen molar-refractivity contribution in [3.63, 3.8) is 0 Å². The van der Waals surface area contributed by atoms with Gasteiger partial charge in [0.2, 0.25) is 0 Å². The second kappa shape index (κ2) is 13.2. The fourth-order valence-electron chi connectivity index (χ4n) is 5.08. The number of rotatable bonds is 8. The molecule has 226 valence electrons. The number of hydrogen-bond donors (Lipinski definition) is 0. The van der Waals surface area contributed by atoms with E-state index in [9.17, 15) is 14.0 Å². The van der Waals surface area contributed by atoms with Crippen LogP contribution in [0.1, 0.15) is 35.2 Å². The van der Waals surface area contributed by atoms with Crippen LogP contribution in [0.25, 0.3) is 11.8 Å². The second-order valence-corrected chi connectivity index (χ2v) is 11.9. The van der Waals surface area contributed by atoms with Gasteiger partial charge in [0, 0.05) is 26.7 Å². The molecule has 0 radical (unpaired) electrons. The third-order valence-electron chi connectivity index (χ3n) is 7.16. The van der Waals surface area contributed by atoms with Gasteiger partial charge in [-0.05, 0) is 55.0 Å². The molecule has 0 spiro atoms. The standard InChI is InChI=1S/C35H25Cl2FN2O4S/c1-2-43-34(42)30-31(21-8-4-3-5-9-21)39-35-40(32(30)22-12-14-25(36)15-13-22)33(41)29(45-35)19-24-18-26(37)16-17-28(24)44-20-23-10-6-7-11-27(23)38/h3-19,32H,2,20H2,1H3/b29-19-/t32-/m0/s1. The highest BCUT2D eigenvalue weighted by atomic mass is 35.5. The number of carbonyl (C=O) groups excluding carboxylic acids is 1. The molecule has 0 bridgehead atoms. The van der Waals surface area contributed by atoms with E-state index in [2.05, 4.69) is 0 Å². The summed E-state index contributed by atoms with van der Waals surface area (Å²) in [5.74, 6) is -0.539. The van der Waals surface area contributed by atoms with E-state index in [0.29, 0.717) is 53.1 Å². The molecule has 4 aromatic carbocycles. The van der Waals surface area contributed by atoms with Gasteiger partial charge >= 0.3 is 5.97 Å². The van der Waals surface area contributed by atoms with Crippen molar-refractivity contribution in [3.05, 3.63) is 160 Å². The van der Waals surface area contributed by atoms with Crippen LogP contribution in [0.2, 0.25) is 10.0 Å². The van der Waals surface area contributed by atoms with E-state index in [1.807, 2.05) is 30.3 Å². The minimum absolute atomic E-state index is 0.0176. The molecule has 6 rings (SSSR count). The zero-order chi connectivity index (χ0) is 31.5. The molecule has 0 N–H and O–H groups in total. The lowest BCUT2D eigenvalue weighted by Gasteiger charge is -2.25. The molecule has 0 saturated carbocycles. The van der Waals surface area contributed by atoms with E-state index in [-0.39, 0.29) is 30.2 Å². The maximum Gasteiger partial charge on any atom is 0.338 e. The number of ether oxygens (including phenoxy) is 2. The monoisotopic (exact) mass is 658 g/mol. The summed E-state index contributed by atoms with van der Waals surface area (Å²) < 4.78 is 27.6. The lowest BCUT2D eigenvalue weighted by molar-refractivity contribution is -0.138. The van der Waals surface area contributed by atoms with Crippen LogP contribution in [0.4, 0.5) is 4.39 Å². The molecule has 0 amide bonds. The van der Waals surface area contributed by atoms with Gasteiger partial charge in [-0.15, -0.1) is 0 Å². The van der Waals surface area contributed by atoms with E-state index in [4.69, 9.17) is 37.7 Å². The number of fused-ring (bicyclic) bond motifs is 1. The summed E-state index contributed by atoms with van der Waals surface area (Å²) in [7, 11) is 0. The Labute approximate surface area is 271 Å². The number of carbonyl (C=O) groups is 1. The quantitative estimate of drug-likeness (QED) is 0.169. The van der Waals surface area contributed by atoms with Gasteiger partial charge in [-0.25, -0.2) is 14.2 Å². The molecule has 0 aliphatic carbocycles. The third kappa shape index (κ3) is 6.35. The minimum atomic E-state index is -0.842. The van der Waals surface area contributed by atoms with Crippen molar-refractivity contribution in [1.29, 1.82) is 0 Å². The Hall–Kier alpha value is -4.50. The SMILES string of the molecule is CCOC(=O)C1=C(c2ccccc2)N=c2s/c(=C\c3cc(Cl)ccc3OCc3ccccc3F)c(=O)n2[C@H]1c1ccc(Cl)cc1. The van der Waals surface area contributed by atoms with Crippen molar-refractivity contribution in [2.45, 2.75) is 19.6 Å². The average molecular weight is 660 g/mol. The zero-order valence-corrected chi connectivity index (χ0v) is 26.2. The number of halogens is 3. The molecule has 45 heavy (non-hydrogen) atoms. The first kappa shape index (κ1) is 30.5. The highest BCUT2D eigenvalue weighted by molar-refractivity contribution is 7.07. The summed E-state index contributed by atoms with van der Waals surface area (Å²) in [5.41, 5.74) is 2.57. The third-order valence-corrected chi connectivity index (χ3v) is 8.63. The fourth-order valence-corrected chi connectivity index (χ4v) is 6.37. The number of hydrogen-bond acceptors (Lipinski definition) is 6. The average Bonchev–Trinajstić information content (AvgIpc) is 3.35. The van der Waals surface area contributed by atoms with Gasteiger partial charge in [0.15, 0.2) is 4.80 Å². The highest BCUT2D eigenvalue weighted by Gasteiger charge is 2.35. The number of aromatic nitrogens is 1. The van der Waals surface area contributed by atoms with Crippen molar-refractivity contribution in [3.8, 4) is 5.75 Å². The topological polar surface area (TPSA) is 69.9 Å². The molecule has 6 nitrogen and oxygen atoms in total. The van der Waals surface area contributed by atoms with E-state index in [1.165, 1.54) is 22.0 Å². The van der Waals surface area contributed by atoms with Gasteiger partial charge in [0.05, 0.1) is 28.5 Å². The van der Waals surface area contributed by atoms with E-state index in [0.717, 1.165) is 0 Å². The van der Waals surface area contributed by atoms with Crippen molar-refractivity contribution in [2.24, 2.45) is 4.99 Å². The van der Waals surface area contributed by atoms with Crippen molar-refractivity contribution in [1.82, 2.24) is 4.57 Å². The van der Waals surface area contributed by atoms with Crippen LogP contribution in [-0.4, -0.2) is 17.1 Å². The maximum absolute atomic E-state index is 14.3. The van der Waals surface area contributed by atoms with Crippen LogP contribution in [0, 0.1) is 5.82 Å². The molecule has 0 unspecified atom stereocenters. The van der Waals surface area contributed by atoms with Crippen molar-refractivity contribution < 1.29 is 18.7 Å². The first-order valence-corrected chi connectivity index (χ1v) is 15.6. The van der Waals surface area contributed by atoms with E-state index < -0.39 is 12.0 Å². The summed E-state index contributed by atoms with van der Waals surface area (Å²) in [4.78, 5) is 33.1. The van der Waals surface area contributed by atoms with E-state index >= 15 is 0 Å². The van der Waals surface area contributed by atoms with Crippen LogP contribution in [0.5, 0.6) is 5.75 Å². The molecule has 1 atom stereocenters. The second-order valence-electron chi connectivity index (χ2n) is 10.0. The molecule has 5 aromatic rings. The van der Waals surface area contributed by atoms with E-state index in [1.54, 1.807) is 73.7 Å². The molecule has 0 saturated heterocycles. The lowest BCUT2D eigenvalue weighted by Crippen LogP contribution is -2.40. The van der Waals surface area contributed by atoms with Gasteiger partial charge < -0.3 is 9.47 Å². The lowest BCUT2D eigenvalue weighted by atomic mass is 9.93. The number of benzene rings is 4. The molecular weight excluding hydrogens is 634 g/mol. The van der Waals surface area contributed by atoms with Crippen LogP contribution in [-0.2, 0) is 16.1 Å². The van der Waals surface area contributed by atoms with Gasteiger partial charge in [-0.1, -0.05) is 95.2 Å². The van der Waals surface area contributed by atoms with Crippen molar-refractivity contribution >= 4 is 52.3 Å². The maximum atomic E-state index is 14.3. The Bertz CT molecular complexity index is 2110. The van der Waals surface area contributed by atoms with Gasteiger partial charge in [0.25, 0.3) is 5.56 Å². The fraction of sp³-hybridized carbons (Fsp3) is 0.114. The first-order chi connectivity index (χ1) is 21.8. The number of esters is 1. The normalized spacial score (nSPS) is 14.6. The minimum Gasteiger partial charge on any atom is -0.488 e. The Kier molecular flexibility index (Phi) is 8.98. The molecule has 0 fully saturated rings. The van der Waals surface area contributed by atoms with Crippen LogP contribution in [0.15, 0.2) is 112 Å². The van der Waals surface area contributed by atoms with Crippen molar-refractivity contribution in [2.75, 3.05) is 6.61 Å². The zero-order valence-electron chi connectivity index (χ0n) is 23.9. The molecular formula is C35H25Cl2FN2O4S. The summed E-state index contributed by atoms with van der Waals surface area (Å²) in [5, 5.41) is 0.947. The number of nitrogens with zero attached hydrogens (tertiary/aromatic N) is 2. The number of thiazole rings is 1. The Balaban J connectivity index is 1.54. The summed E-state index contributed by atoms with van der Waals surface area (Å²) in [6.07, 6.45) is 1.67. The Morgan fingerprint density at radius 1 is 0.978 bits per heavy atom. The molecule has 2 heterocycles. The Morgan fingerprint density at radius 3 is 2.42 bits per heavy atom. The molecule has 10 heteroatoms. The predicted octanol–water partition coefficient (Wildman–Crippen LogP) is 6.96. The Morgan fingerprint density at radius 2 is 1.69 bits per heavy atom. The van der Waals surface area contributed by atoms with Crippen LogP contribution >= 0.6 is 34.5 Å². The summed E-state index contributed by atoms with van der Waals surface area (Å²) >= 11 is 13.7. The highest BCUT2D eigenvalue weighted by Crippen LogP contribution is 2.35. The van der Waals surface area contributed by atoms with Crippen LogP contribution < -0.4 is 19.6 Å². The van der Waals surface area contributed by atoms with Gasteiger partial charge in [0.1, 0.15) is 18.2 Å². The first-order valence-electron chi connectivity index (χ1n) is 14.0. The molecule has 1 aromatic heterocycles. The van der Waals surface area contributed by atoms with Crippen LogP contribution in [0.3, 0.4) is 0 Å². The molecule has 1 aliphatic heterocycles. The smallest absolute Gasteiger partial charge is 0.338 e. The largest absolute Gasteiger partial charge is 0.488 e. The van der Waals surface area contributed by atoms with Gasteiger partial charge in [-0.2, -0.15) is 0 Å². The summed E-state index contributed by atoms with van der Waals surface area (Å²) in [6, 6.07) is 26.8. The molecule has 1 aliphatic rings. The van der Waals surface area contributed by atoms with Gasteiger partial charge in [-0.3, -0.25) is 9.36 Å². The summed E-state index contributed by atoms with van der Waals surface area (Å²) in [6.45, 7) is 1.85. The predicted molar refractivity (Wildman–Crippen MR) is 175 cm³/mol.